The minimum atomic E-state index is -3.71. The molecule has 4 nitrogen and oxygen atoms in total. The molecule has 0 saturated heterocycles. The summed E-state index contributed by atoms with van der Waals surface area (Å²) in [6.45, 7) is 2.05. The van der Waals surface area contributed by atoms with Gasteiger partial charge in [-0.2, -0.15) is 8.42 Å². The van der Waals surface area contributed by atoms with Gasteiger partial charge in [-0.1, -0.05) is 62.6 Å². The number of aryl methyl sites for hydroxylation is 1. The molecule has 0 N–H and O–H groups in total. The summed E-state index contributed by atoms with van der Waals surface area (Å²) in [7, 11) is -3.71. The van der Waals surface area contributed by atoms with E-state index in [9.17, 15) is 13.2 Å². The number of hydrogen-bond donors (Lipinski definition) is 0. The van der Waals surface area contributed by atoms with Crippen LogP contribution in [0.1, 0.15) is 82.6 Å². The Labute approximate surface area is 164 Å². The predicted octanol–water partition coefficient (Wildman–Crippen LogP) is 5.58. The monoisotopic (exact) mass is 394 g/mol. The Morgan fingerprint density at radius 3 is 2.19 bits per heavy atom. The highest BCUT2D eigenvalue weighted by molar-refractivity contribution is 7.86. The molecule has 1 atom stereocenters. The molecule has 0 radical (unpaired) electrons. The smallest absolute Gasteiger partial charge is 0.296 e. The molecule has 0 bridgehead atoms. The number of carbonyl (C=O) groups is 1. The van der Waals surface area contributed by atoms with Crippen LogP contribution in [0.5, 0.6) is 0 Å². The average molecular weight is 395 g/mol. The first-order chi connectivity index (χ1) is 13.0. The average Bonchev–Trinajstić information content (AvgIpc) is 2.63. The van der Waals surface area contributed by atoms with E-state index in [1.807, 2.05) is 6.92 Å². The first-order valence-electron chi connectivity index (χ1n) is 10.5. The van der Waals surface area contributed by atoms with Crippen LogP contribution in [0.2, 0.25) is 0 Å². The van der Waals surface area contributed by atoms with Crippen LogP contribution in [0.4, 0.5) is 0 Å². The third-order valence-electron chi connectivity index (χ3n) is 5.43. The van der Waals surface area contributed by atoms with Gasteiger partial charge in [0.25, 0.3) is 10.1 Å². The van der Waals surface area contributed by atoms with Crippen molar-refractivity contribution in [2.45, 2.75) is 88.9 Å². The molecule has 0 amide bonds. The molecule has 1 saturated carbocycles. The number of rotatable bonds is 6. The summed E-state index contributed by atoms with van der Waals surface area (Å²) in [5.41, 5.74) is 1.01. The molecule has 1 aliphatic rings. The molecule has 1 fully saturated rings. The Balaban J connectivity index is 1.80. The van der Waals surface area contributed by atoms with Crippen LogP contribution in [-0.4, -0.2) is 20.8 Å². The Morgan fingerprint density at radius 1 is 0.926 bits per heavy atom. The molecule has 5 heteroatoms. The Morgan fingerprint density at radius 2 is 1.52 bits per heavy atom. The second-order valence-corrected chi connectivity index (χ2v) is 9.38. The minimum Gasteiger partial charge on any atom is -0.299 e. The summed E-state index contributed by atoms with van der Waals surface area (Å²) in [4.78, 5) is 12.7. The zero-order valence-corrected chi connectivity index (χ0v) is 17.4. The highest BCUT2D eigenvalue weighted by Gasteiger charge is 2.19. The van der Waals surface area contributed by atoms with Gasteiger partial charge in [0, 0.05) is 12.3 Å². The van der Waals surface area contributed by atoms with Gasteiger partial charge in [0.15, 0.2) is 0 Å². The van der Waals surface area contributed by atoms with E-state index in [-0.39, 0.29) is 17.4 Å². The van der Waals surface area contributed by atoms with Gasteiger partial charge in [0.1, 0.15) is 5.78 Å². The van der Waals surface area contributed by atoms with Crippen LogP contribution >= 0.6 is 0 Å². The van der Waals surface area contributed by atoms with E-state index in [2.05, 4.69) is 0 Å². The quantitative estimate of drug-likeness (QED) is 0.467. The lowest BCUT2D eigenvalue weighted by molar-refractivity contribution is -0.123. The maximum absolute atomic E-state index is 12.5. The molecule has 0 aliphatic heterocycles. The maximum atomic E-state index is 12.5. The van der Waals surface area contributed by atoms with Gasteiger partial charge in [0.2, 0.25) is 0 Å². The third kappa shape index (κ3) is 8.14. The fourth-order valence-electron chi connectivity index (χ4n) is 3.69. The van der Waals surface area contributed by atoms with Gasteiger partial charge >= 0.3 is 0 Å². The molecule has 1 unspecified atom stereocenters. The first-order valence-corrected chi connectivity index (χ1v) is 11.9. The molecule has 1 aliphatic carbocycles. The molecular formula is C22H34O4S. The fraction of sp³-hybridized carbons (Fsp3) is 0.682. The van der Waals surface area contributed by atoms with Gasteiger partial charge < -0.3 is 0 Å². The zero-order valence-electron chi connectivity index (χ0n) is 16.6. The van der Waals surface area contributed by atoms with Crippen LogP contribution in [0.3, 0.4) is 0 Å². The second kappa shape index (κ2) is 11.6. The van der Waals surface area contributed by atoms with E-state index in [1.165, 1.54) is 32.1 Å². The molecule has 152 valence electrons. The van der Waals surface area contributed by atoms with Gasteiger partial charge in [-0.05, 0) is 44.7 Å². The normalized spacial score (nSPS) is 20.6. The topological polar surface area (TPSA) is 60.4 Å². The summed E-state index contributed by atoms with van der Waals surface area (Å²) >= 11 is 0. The van der Waals surface area contributed by atoms with Gasteiger partial charge in [-0.15, -0.1) is 0 Å². The summed E-state index contributed by atoms with van der Waals surface area (Å²) < 4.78 is 29.6. The first kappa shape index (κ1) is 22.1. The summed E-state index contributed by atoms with van der Waals surface area (Å²) in [5.74, 6) is 0.423. The number of hydrogen-bond acceptors (Lipinski definition) is 4. The van der Waals surface area contributed by atoms with Crippen LogP contribution in [0, 0.1) is 12.8 Å². The van der Waals surface area contributed by atoms with Crippen LogP contribution in [0.15, 0.2) is 29.2 Å². The number of Topliss-reactive ketones (excluding diaryl/α,β-unsaturated/α-hetero) is 1. The Hall–Kier alpha value is -1.20. The SMILES string of the molecule is Cc1ccc(S(=O)(=O)OCCCC2CCCCCCCCCCC2=O)cc1. The molecule has 27 heavy (non-hydrogen) atoms. The summed E-state index contributed by atoms with van der Waals surface area (Å²) in [5, 5.41) is 0. The predicted molar refractivity (Wildman–Crippen MR) is 108 cm³/mol. The van der Waals surface area contributed by atoms with E-state index in [1.54, 1.807) is 24.3 Å². The van der Waals surface area contributed by atoms with Crippen LogP contribution < -0.4 is 0 Å². The van der Waals surface area contributed by atoms with Crippen molar-refractivity contribution in [3.63, 3.8) is 0 Å². The summed E-state index contributed by atoms with van der Waals surface area (Å²) in [6.07, 6.45) is 12.5. The van der Waals surface area contributed by atoms with Crippen molar-refractivity contribution in [3.8, 4) is 0 Å². The molecule has 1 aromatic carbocycles. The summed E-state index contributed by atoms with van der Waals surface area (Å²) in [6, 6.07) is 6.67. The van der Waals surface area contributed by atoms with Crippen molar-refractivity contribution < 1.29 is 17.4 Å². The van der Waals surface area contributed by atoms with E-state index in [4.69, 9.17) is 4.18 Å². The van der Waals surface area contributed by atoms with Crippen molar-refractivity contribution in [1.29, 1.82) is 0 Å². The van der Waals surface area contributed by atoms with Crippen molar-refractivity contribution >= 4 is 15.9 Å². The minimum absolute atomic E-state index is 0.0649. The highest BCUT2D eigenvalue weighted by atomic mass is 32.2. The zero-order chi connectivity index (χ0) is 19.5. The second-order valence-electron chi connectivity index (χ2n) is 7.76. The van der Waals surface area contributed by atoms with Gasteiger partial charge in [-0.3, -0.25) is 8.98 Å². The van der Waals surface area contributed by atoms with Gasteiger partial charge in [0.05, 0.1) is 11.5 Å². The fourth-order valence-corrected chi connectivity index (χ4v) is 4.64. The number of carbonyl (C=O) groups excluding carboxylic acids is 1. The number of benzene rings is 1. The Bertz CT molecular complexity index is 664. The van der Waals surface area contributed by atoms with Crippen molar-refractivity contribution in [3.05, 3.63) is 29.8 Å². The molecular weight excluding hydrogens is 360 g/mol. The lowest BCUT2D eigenvalue weighted by atomic mass is 9.88. The van der Waals surface area contributed by atoms with E-state index < -0.39 is 10.1 Å². The van der Waals surface area contributed by atoms with Crippen molar-refractivity contribution in [2.75, 3.05) is 6.61 Å². The lowest BCUT2D eigenvalue weighted by Gasteiger charge is -2.17. The van der Waals surface area contributed by atoms with Gasteiger partial charge in [-0.25, -0.2) is 0 Å². The third-order valence-corrected chi connectivity index (χ3v) is 6.75. The largest absolute Gasteiger partial charge is 0.299 e. The molecule has 0 spiro atoms. The molecule has 1 aromatic rings. The van der Waals surface area contributed by atoms with E-state index in [0.29, 0.717) is 18.6 Å². The van der Waals surface area contributed by atoms with E-state index in [0.717, 1.165) is 37.7 Å². The molecule has 0 heterocycles. The van der Waals surface area contributed by atoms with E-state index >= 15 is 0 Å². The highest BCUT2D eigenvalue weighted by Crippen LogP contribution is 2.23. The molecule has 0 aromatic heterocycles. The molecule has 2 rings (SSSR count). The lowest BCUT2D eigenvalue weighted by Crippen LogP contribution is -2.16. The number of ketones is 1. The Kier molecular flexibility index (Phi) is 9.49. The van der Waals surface area contributed by atoms with Crippen LogP contribution in [-0.2, 0) is 19.1 Å². The maximum Gasteiger partial charge on any atom is 0.296 e. The van der Waals surface area contributed by atoms with Crippen LogP contribution in [0.25, 0.3) is 0 Å². The van der Waals surface area contributed by atoms with Crippen molar-refractivity contribution in [1.82, 2.24) is 0 Å². The standard InChI is InChI=1S/C22H34O4S/c1-19-14-16-21(17-15-19)27(24,25)26-18-10-12-20-11-8-6-4-2-3-5-7-9-13-22(20)23/h14-17,20H,2-13,18H2,1H3. The van der Waals surface area contributed by atoms with Crippen molar-refractivity contribution in [2.24, 2.45) is 5.92 Å².